The van der Waals surface area contributed by atoms with Crippen LogP contribution in [0.25, 0.3) is 20.8 Å². The Hall–Kier alpha value is -2.00. The Labute approximate surface area is 109 Å². The molecule has 3 aromatic rings. The van der Waals surface area contributed by atoms with Crippen LogP contribution in [-0.4, -0.2) is 11.3 Å². The number of thiazole rings is 1. The summed E-state index contributed by atoms with van der Waals surface area (Å²) in [6.45, 7) is 0. The first kappa shape index (κ1) is 11.1. The smallest absolute Gasteiger partial charge is 0.124 e. The van der Waals surface area contributed by atoms with Gasteiger partial charge in [0.15, 0.2) is 0 Å². The van der Waals surface area contributed by atoms with Crippen molar-refractivity contribution in [3.63, 3.8) is 0 Å². The van der Waals surface area contributed by atoms with Crippen LogP contribution >= 0.6 is 11.3 Å². The lowest BCUT2D eigenvalue weighted by Gasteiger charge is -1.92. The standard InChI is InChI=1S/C15H11NOS/c17-9-8-11-6-7-13-14(10-11)18-15(16-13)12-4-2-1-3-5-12/h1-7,9-10H,8H2. The lowest BCUT2D eigenvalue weighted by Crippen LogP contribution is -1.83. The van der Waals surface area contributed by atoms with Gasteiger partial charge in [-0.1, -0.05) is 36.4 Å². The third-order valence-electron chi connectivity index (χ3n) is 2.79. The Morgan fingerprint density at radius 3 is 2.72 bits per heavy atom. The van der Waals surface area contributed by atoms with Crippen molar-refractivity contribution < 1.29 is 4.79 Å². The minimum atomic E-state index is 0.467. The van der Waals surface area contributed by atoms with E-state index in [1.165, 1.54) is 0 Å². The van der Waals surface area contributed by atoms with Gasteiger partial charge in [-0.05, 0) is 17.7 Å². The van der Waals surface area contributed by atoms with Crippen LogP contribution in [0.2, 0.25) is 0 Å². The van der Waals surface area contributed by atoms with Gasteiger partial charge >= 0.3 is 0 Å². The molecule has 1 aromatic heterocycles. The second-order valence-corrected chi connectivity index (χ2v) is 5.09. The van der Waals surface area contributed by atoms with Gasteiger partial charge in [0, 0.05) is 12.0 Å². The topological polar surface area (TPSA) is 30.0 Å². The first-order chi connectivity index (χ1) is 8.86. The highest BCUT2D eigenvalue weighted by Crippen LogP contribution is 2.30. The third kappa shape index (κ3) is 2.05. The van der Waals surface area contributed by atoms with Crippen molar-refractivity contribution in [2.45, 2.75) is 6.42 Å². The number of carbonyl (C=O) groups excluding carboxylic acids is 1. The number of benzene rings is 2. The summed E-state index contributed by atoms with van der Waals surface area (Å²) in [7, 11) is 0. The molecule has 1 heterocycles. The van der Waals surface area contributed by atoms with E-state index in [0.717, 1.165) is 32.6 Å². The molecule has 2 aromatic carbocycles. The van der Waals surface area contributed by atoms with Gasteiger partial charge < -0.3 is 4.79 Å². The highest BCUT2D eigenvalue weighted by Gasteiger charge is 2.06. The number of hydrogen-bond acceptors (Lipinski definition) is 3. The predicted molar refractivity (Wildman–Crippen MR) is 74.8 cm³/mol. The number of aldehydes is 1. The van der Waals surface area contributed by atoms with E-state index < -0.39 is 0 Å². The Bertz CT molecular complexity index is 688. The molecule has 0 aliphatic carbocycles. The van der Waals surface area contributed by atoms with E-state index in [1.807, 2.05) is 36.4 Å². The average Bonchev–Trinajstić information content (AvgIpc) is 2.83. The molecule has 18 heavy (non-hydrogen) atoms. The van der Waals surface area contributed by atoms with Crippen LogP contribution in [0.3, 0.4) is 0 Å². The van der Waals surface area contributed by atoms with Crippen molar-refractivity contribution >= 4 is 27.8 Å². The molecular weight excluding hydrogens is 242 g/mol. The molecule has 2 nitrogen and oxygen atoms in total. The van der Waals surface area contributed by atoms with E-state index in [2.05, 4.69) is 17.1 Å². The lowest BCUT2D eigenvalue weighted by molar-refractivity contribution is -0.107. The van der Waals surface area contributed by atoms with Crippen LogP contribution in [0.5, 0.6) is 0 Å². The molecule has 0 aliphatic rings. The second-order valence-electron chi connectivity index (χ2n) is 4.06. The molecule has 0 amide bonds. The monoisotopic (exact) mass is 253 g/mol. The zero-order valence-corrected chi connectivity index (χ0v) is 10.5. The van der Waals surface area contributed by atoms with Crippen LogP contribution in [0, 0.1) is 0 Å². The molecule has 0 saturated carbocycles. The van der Waals surface area contributed by atoms with Crippen molar-refractivity contribution in [3.05, 3.63) is 54.1 Å². The van der Waals surface area contributed by atoms with Crippen LogP contribution in [0.1, 0.15) is 5.56 Å². The number of carbonyl (C=O) groups is 1. The Balaban J connectivity index is 2.08. The molecule has 0 atom stereocenters. The summed E-state index contributed by atoms with van der Waals surface area (Å²) >= 11 is 1.66. The van der Waals surface area contributed by atoms with Crippen LogP contribution in [0.15, 0.2) is 48.5 Å². The summed E-state index contributed by atoms with van der Waals surface area (Å²) in [5.41, 5.74) is 3.17. The van der Waals surface area contributed by atoms with E-state index in [1.54, 1.807) is 11.3 Å². The van der Waals surface area contributed by atoms with Crippen molar-refractivity contribution in [1.82, 2.24) is 4.98 Å². The molecule has 0 aliphatic heterocycles. The molecule has 3 heteroatoms. The zero-order chi connectivity index (χ0) is 12.4. The average molecular weight is 253 g/mol. The number of hydrogen-bond donors (Lipinski definition) is 0. The predicted octanol–water partition coefficient (Wildman–Crippen LogP) is 3.70. The van der Waals surface area contributed by atoms with Crippen LogP contribution in [0.4, 0.5) is 0 Å². The minimum Gasteiger partial charge on any atom is -0.303 e. The number of fused-ring (bicyclic) bond motifs is 1. The van der Waals surface area contributed by atoms with Gasteiger partial charge in [-0.2, -0.15) is 0 Å². The molecule has 0 unspecified atom stereocenters. The van der Waals surface area contributed by atoms with Gasteiger partial charge in [-0.3, -0.25) is 0 Å². The number of rotatable bonds is 3. The molecule has 0 N–H and O–H groups in total. The lowest BCUT2D eigenvalue weighted by atomic mass is 10.1. The van der Waals surface area contributed by atoms with E-state index >= 15 is 0 Å². The number of aromatic nitrogens is 1. The van der Waals surface area contributed by atoms with Crippen LogP contribution < -0.4 is 0 Å². The van der Waals surface area contributed by atoms with Gasteiger partial charge in [0.2, 0.25) is 0 Å². The summed E-state index contributed by atoms with van der Waals surface area (Å²) < 4.78 is 1.13. The molecule has 0 radical (unpaired) electrons. The highest BCUT2D eigenvalue weighted by atomic mass is 32.1. The third-order valence-corrected chi connectivity index (χ3v) is 3.86. The molecule has 0 bridgehead atoms. The molecule has 3 rings (SSSR count). The van der Waals surface area contributed by atoms with Crippen molar-refractivity contribution in [3.8, 4) is 10.6 Å². The zero-order valence-electron chi connectivity index (χ0n) is 9.67. The fourth-order valence-electron chi connectivity index (χ4n) is 1.90. The summed E-state index contributed by atoms with van der Waals surface area (Å²) in [4.78, 5) is 15.1. The Morgan fingerprint density at radius 1 is 1.11 bits per heavy atom. The summed E-state index contributed by atoms with van der Waals surface area (Å²) in [5.74, 6) is 0. The summed E-state index contributed by atoms with van der Waals surface area (Å²) in [6, 6.07) is 16.1. The molecule has 0 saturated heterocycles. The highest BCUT2D eigenvalue weighted by molar-refractivity contribution is 7.21. The van der Waals surface area contributed by atoms with Gasteiger partial charge in [-0.15, -0.1) is 11.3 Å². The van der Waals surface area contributed by atoms with Crippen molar-refractivity contribution in [1.29, 1.82) is 0 Å². The van der Waals surface area contributed by atoms with Gasteiger partial charge in [0.1, 0.15) is 11.3 Å². The van der Waals surface area contributed by atoms with Crippen LogP contribution in [-0.2, 0) is 11.2 Å². The summed E-state index contributed by atoms with van der Waals surface area (Å²) in [6.07, 6.45) is 1.40. The van der Waals surface area contributed by atoms with E-state index in [9.17, 15) is 4.79 Å². The fourth-order valence-corrected chi connectivity index (χ4v) is 2.93. The van der Waals surface area contributed by atoms with Crippen molar-refractivity contribution in [2.75, 3.05) is 0 Å². The molecular formula is C15H11NOS. The first-order valence-corrected chi connectivity index (χ1v) is 6.57. The SMILES string of the molecule is O=CCc1ccc2nc(-c3ccccc3)sc2c1. The van der Waals surface area contributed by atoms with Gasteiger partial charge in [0.05, 0.1) is 10.2 Å². The minimum absolute atomic E-state index is 0.467. The van der Waals surface area contributed by atoms with E-state index in [0.29, 0.717) is 6.42 Å². The van der Waals surface area contributed by atoms with Gasteiger partial charge in [-0.25, -0.2) is 4.98 Å². The molecule has 0 spiro atoms. The normalized spacial score (nSPS) is 10.7. The quantitative estimate of drug-likeness (QED) is 0.666. The largest absolute Gasteiger partial charge is 0.303 e. The maximum absolute atomic E-state index is 10.5. The van der Waals surface area contributed by atoms with Gasteiger partial charge in [0.25, 0.3) is 0 Å². The molecule has 88 valence electrons. The maximum atomic E-state index is 10.5. The Kier molecular flexibility index (Phi) is 2.90. The maximum Gasteiger partial charge on any atom is 0.124 e. The molecule has 0 fully saturated rings. The summed E-state index contributed by atoms with van der Waals surface area (Å²) in [5, 5.41) is 1.02. The number of nitrogens with zero attached hydrogens (tertiary/aromatic N) is 1. The second kappa shape index (κ2) is 4.70. The van der Waals surface area contributed by atoms with E-state index in [-0.39, 0.29) is 0 Å². The first-order valence-electron chi connectivity index (χ1n) is 5.75. The fraction of sp³-hybridized carbons (Fsp3) is 0.0667. The Morgan fingerprint density at radius 2 is 1.94 bits per heavy atom. The van der Waals surface area contributed by atoms with Crippen molar-refractivity contribution in [2.24, 2.45) is 0 Å². The van der Waals surface area contributed by atoms with E-state index in [4.69, 9.17) is 0 Å².